The molecule has 1 rings (SSSR count). The number of likely N-dealkylation sites (N-methyl/N-ethyl adjacent to an activating group) is 1. The Kier molecular flexibility index (Phi) is 6.56. The van der Waals surface area contributed by atoms with Gasteiger partial charge in [0.15, 0.2) is 0 Å². The van der Waals surface area contributed by atoms with E-state index in [4.69, 9.17) is 10.2 Å². The van der Waals surface area contributed by atoms with E-state index < -0.39 is 29.8 Å². The molecular weight excluding hydrogens is 286 g/mol. The molecule has 0 heterocycles. The van der Waals surface area contributed by atoms with Crippen molar-refractivity contribution in [1.82, 2.24) is 4.90 Å². The molecule has 0 bridgehead atoms. The number of rotatable bonds is 8. The standard InChI is InChI=1S/C16H21NO5/c1-3-12(10-11-8-6-5-7-9-11)14(18)17(4-2)13(15(19)20)16(21)22/h5-9,12-13H,3-4,10H2,1-2H3,(H,19,20)(H,21,22). The van der Waals surface area contributed by atoms with E-state index in [2.05, 4.69) is 0 Å². The van der Waals surface area contributed by atoms with Crippen LogP contribution in [0.3, 0.4) is 0 Å². The first-order valence-electron chi connectivity index (χ1n) is 7.22. The van der Waals surface area contributed by atoms with Crippen LogP contribution in [0.25, 0.3) is 0 Å². The second-order valence-corrected chi connectivity index (χ2v) is 5.00. The van der Waals surface area contributed by atoms with E-state index in [1.807, 2.05) is 37.3 Å². The molecule has 0 aliphatic carbocycles. The maximum atomic E-state index is 12.6. The molecule has 0 fully saturated rings. The number of amides is 1. The zero-order valence-corrected chi connectivity index (χ0v) is 12.7. The maximum absolute atomic E-state index is 12.6. The fraction of sp³-hybridized carbons (Fsp3) is 0.438. The van der Waals surface area contributed by atoms with Crippen molar-refractivity contribution < 1.29 is 24.6 Å². The fourth-order valence-electron chi connectivity index (χ4n) is 2.38. The highest BCUT2D eigenvalue weighted by atomic mass is 16.4. The predicted octanol–water partition coefficient (Wildman–Crippen LogP) is 1.64. The molecule has 2 N–H and O–H groups in total. The van der Waals surface area contributed by atoms with Crippen molar-refractivity contribution >= 4 is 17.8 Å². The van der Waals surface area contributed by atoms with Crippen LogP contribution in [0, 0.1) is 5.92 Å². The van der Waals surface area contributed by atoms with Gasteiger partial charge >= 0.3 is 11.9 Å². The molecule has 0 spiro atoms. The predicted molar refractivity (Wildman–Crippen MR) is 80.4 cm³/mol. The van der Waals surface area contributed by atoms with E-state index in [0.29, 0.717) is 12.8 Å². The lowest BCUT2D eigenvalue weighted by molar-refractivity contribution is -0.163. The van der Waals surface area contributed by atoms with Gasteiger partial charge in [-0.1, -0.05) is 37.3 Å². The van der Waals surface area contributed by atoms with Crippen LogP contribution in [0.5, 0.6) is 0 Å². The minimum atomic E-state index is -1.85. The summed E-state index contributed by atoms with van der Waals surface area (Å²) in [6, 6.07) is 7.52. The normalized spacial score (nSPS) is 12.0. The molecule has 0 aliphatic rings. The molecule has 1 unspecified atom stereocenters. The Morgan fingerprint density at radius 3 is 2.00 bits per heavy atom. The Labute approximate surface area is 129 Å². The molecule has 6 heteroatoms. The molecule has 1 atom stereocenters. The van der Waals surface area contributed by atoms with Gasteiger partial charge in [0.1, 0.15) is 0 Å². The van der Waals surface area contributed by atoms with Gasteiger partial charge in [-0.25, -0.2) is 9.59 Å². The third kappa shape index (κ3) is 4.31. The van der Waals surface area contributed by atoms with Crippen LogP contribution in [0.2, 0.25) is 0 Å². The highest BCUT2D eigenvalue weighted by molar-refractivity contribution is 6.01. The fourth-order valence-corrected chi connectivity index (χ4v) is 2.38. The van der Waals surface area contributed by atoms with E-state index in [1.54, 1.807) is 6.92 Å². The summed E-state index contributed by atoms with van der Waals surface area (Å²) in [4.78, 5) is 35.8. The van der Waals surface area contributed by atoms with Crippen LogP contribution in [0.15, 0.2) is 30.3 Å². The van der Waals surface area contributed by atoms with Crippen molar-refractivity contribution in [1.29, 1.82) is 0 Å². The molecule has 0 aliphatic heterocycles. The topological polar surface area (TPSA) is 94.9 Å². The molecular formula is C16H21NO5. The Hall–Kier alpha value is -2.37. The third-order valence-corrected chi connectivity index (χ3v) is 3.57. The molecule has 6 nitrogen and oxygen atoms in total. The average Bonchev–Trinajstić information content (AvgIpc) is 2.49. The molecule has 1 aromatic carbocycles. The molecule has 0 saturated heterocycles. The SMILES string of the molecule is CCC(Cc1ccccc1)C(=O)N(CC)C(C(=O)O)C(=O)O. The number of hydrogen-bond donors (Lipinski definition) is 2. The number of nitrogens with zero attached hydrogens (tertiary/aromatic N) is 1. The van der Waals surface area contributed by atoms with E-state index in [1.165, 1.54) is 0 Å². The Morgan fingerprint density at radius 2 is 1.59 bits per heavy atom. The summed E-state index contributed by atoms with van der Waals surface area (Å²) in [5.74, 6) is -3.94. The first-order valence-corrected chi connectivity index (χ1v) is 7.22. The van der Waals surface area contributed by atoms with Crippen LogP contribution < -0.4 is 0 Å². The van der Waals surface area contributed by atoms with Gasteiger partial charge in [-0.05, 0) is 25.3 Å². The van der Waals surface area contributed by atoms with Gasteiger partial charge in [-0.3, -0.25) is 4.79 Å². The first kappa shape index (κ1) is 17.7. The van der Waals surface area contributed by atoms with Crippen LogP contribution >= 0.6 is 0 Å². The van der Waals surface area contributed by atoms with Crippen LogP contribution in [0.1, 0.15) is 25.8 Å². The number of carboxylic acids is 2. The van der Waals surface area contributed by atoms with Gasteiger partial charge in [0.05, 0.1) is 0 Å². The zero-order valence-electron chi connectivity index (χ0n) is 12.7. The van der Waals surface area contributed by atoms with Crippen molar-refractivity contribution in [3.8, 4) is 0 Å². The highest BCUT2D eigenvalue weighted by Gasteiger charge is 2.37. The number of carboxylic acid groups (broad SMARTS) is 2. The Bertz CT molecular complexity index is 515. The number of carbonyl (C=O) groups excluding carboxylic acids is 1. The lowest BCUT2D eigenvalue weighted by atomic mass is 9.95. The summed E-state index contributed by atoms with van der Waals surface area (Å²) in [5.41, 5.74) is 0.959. The first-order chi connectivity index (χ1) is 10.4. The van der Waals surface area contributed by atoms with Crippen molar-refractivity contribution in [2.75, 3.05) is 6.54 Å². The molecule has 0 saturated carbocycles. The second-order valence-electron chi connectivity index (χ2n) is 5.00. The number of carbonyl (C=O) groups is 3. The van der Waals surface area contributed by atoms with Gasteiger partial charge < -0.3 is 15.1 Å². The molecule has 0 radical (unpaired) electrons. The molecule has 1 amide bonds. The number of hydrogen-bond acceptors (Lipinski definition) is 3. The quantitative estimate of drug-likeness (QED) is 0.712. The van der Waals surface area contributed by atoms with Crippen molar-refractivity contribution in [3.63, 3.8) is 0 Å². The van der Waals surface area contributed by atoms with E-state index in [-0.39, 0.29) is 6.54 Å². The molecule has 22 heavy (non-hydrogen) atoms. The van der Waals surface area contributed by atoms with Gasteiger partial charge in [0.2, 0.25) is 11.9 Å². The van der Waals surface area contributed by atoms with Crippen molar-refractivity contribution in [2.45, 2.75) is 32.7 Å². The summed E-state index contributed by atoms with van der Waals surface area (Å²) in [7, 11) is 0. The number of benzene rings is 1. The largest absolute Gasteiger partial charge is 0.479 e. The van der Waals surface area contributed by atoms with E-state index in [9.17, 15) is 14.4 Å². The van der Waals surface area contributed by atoms with Crippen LogP contribution in [0.4, 0.5) is 0 Å². The minimum Gasteiger partial charge on any atom is -0.479 e. The van der Waals surface area contributed by atoms with E-state index in [0.717, 1.165) is 10.5 Å². The summed E-state index contributed by atoms with van der Waals surface area (Å²) in [6.45, 7) is 3.44. The highest BCUT2D eigenvalue weighted by Crippen LogP contribution is 2.17. The monoisotopic (exact) mass is 307 g/mol. The van der Waals surface area contributed by atoms with Gasteiger partial charge in [-0.2, -0.15) is 0 Å². The lowest BCUT2D eigenvalue weighted by Crippen LogP contribution is -2.51. The third-order valence-electron chi connectivity index (χ3n) is 3.57. The van der Waals surface area contributed by atoms with Gasteiger partial charge in [-0.15, -0.1) is 0 Å². The molecule has 0 aromatic heterocycles. The van der Waals surface area contributed by atoms with Gasteiger partial charge in [0.25, 0.3) is 0 Å². The van der Waals surface area contributed by atoms with Gasteiger partial charge in [0, 0.05) is 12.5 Å². The number of aliphatic carboxylic acids is 2. The summed E-state index contributed by atoms with van der Waals surface area (Å²) < 4.78 is 0. The summed E-state index contributed by atoms with van der Waals surface area (Å²) in [6.07, 6.45) is 0.967. The lowest BCUT2D eigenvalue weighted by Gasteiger charge is -2.28. The van der Waals surface area contributed by atoms with Crippen LogP contribution in [-0.2, 0) is 20.8 Å². The van der Waals surface area contributed by atoms with Crippen molar-refractivity contribution in [2.24, 2.45) is 5.92 Å². The Balaban J connectivity index is 2.96. The maximum Gasteiger partial charge on any atom is 0.338 e. The summed E-state index contributed by atoms with van der Waals surface area (Å²) >= 11 is 0. The second kappa shape index (κ2) is 8.17. The Morgan fingerprint density at radius 1 is 1.05 bits per heavy atom. The zero-order chi connectivity index (χ0) is 16.7. The van der Waals surface area contributed by atoms with E-state index >= 15 is 0 Å². The molecule has 120 valence electrons. The van der Waals surface area contributed by atoms with Crippen LogP contribution in [-0.4, -0.2) is 45.5 Å². The van der Waals surface area contributed by atoms with Crippen molar-refractivity contribution in [3.05, 3.63) is 35.9 Å². The molecule has 1 aromatic rings. The smallest absolute Gasteiger partial charge is 0.338 e. The summed E-state index contributed by atoms with van der Waals surface area (Å²) in [5, 5.41) is 18.1. The average molecular weight is 307 g/mol. The minimum absolute atomic E-state index is 0.0351.